The fourth-order valence-corrected chi connectivity index (χ4v) is 5.14. The molecule has 0 amide bonds. The van der Waals surface area contributed by atoms with Gasteiger partial charge in [-0.25, -0.2) is 4.68 Å². The largest absolute Gasteiger partial charge is 0.523 e. The summed E-state index contributed by atoms with van der Waals surface area (Å²) >= 11 is 0. The fraction of sp³-hybridized carbons (Fsp3) is 0.538. The number of hydrogen-bond donors (Lipinski definition) is 0. The van der Waals surface area contributed by atoms with Crippen LogP contribution in [-0.4, -0.2) is 68.2 Å². The van der Waals surface area contributed by atoms with Crippen LogP contribution >= 0.6 is 0 Å². The Morgan fingerprint density at radius 1 is 1.00 bits per heavy atom. The maximum Gasteiger partial charge on any atom is 0.523 e. The molecule has 0 unspecified atom stereocenters. The lowest BCUT2D eigenvalue weighted by Gasteiger charge is -2.37. The van der Waals surface area contributed by atoms with Crippen molar-refractivity contribution in [2.24, 2.45) is 0 Å². The van der Waals surface area contributed by atoms with Crippen LogP contribution in [0, 0.1) is 0 Å². The highest BCUT2D eigenvalue weighted by Crippen LogP contribution is 2.20. The van der Waals surface area contributed by atoms with Crippen molar-refractivity contribution in [3.63, 3.8) is 0 Å². The van der Waals surface area contributed by atoms with E-state index in [0.29, 0.717) is 26.0 Å². The number of fused-ring (bicyclic) bond motifs is 7. The average molecular weight is 306 g/mol. The molecule has 3 aliphatic rings. The minimum Gasteiger partial charge on any atom is -0.371 e. The van der Waals surface area contributed by atoms with Crippen molar-refractivity contribution in [3.8, 4) is 0 Å². The zero-order valence-electron chi connectivity index (χ0n) is 11.8. The Morgan fingerprint density at radius 3 is 2.38 bits per heavy atom. The van der Waals surface area contributed by atoms with Crippen LogP contribution < -0.4 is 0 Å². The third kappa shape index (κ3) is 2.60. The van der Waals surface area contributed by atoms with Gasteiger partial charge >= 0.3 is 8.80 Å². The van der Waals surface area contributed by atoms with Crippen molar-refractivity contribution in [1.29, 1.82) is 0 Å². The van der Waals surface area contributed by atoms with E-state index < -0.39 is 8.80 Å². The highest BCUT2D eigenvalue weighted by Gasteiger charge is 2.45. The molecule has 3 saturated heterocycles. The van der Waals surface area contributed by atoms with Crippen LogP contribution in [0.3, 0.4) is 0 Å². The maximum atomic E-state index is 6.03. The second-order valence-corrected chi connectivity index (χ2v) is 7.85. The predicted molar refractivity (Wildman–Crippen MR) is 77.6 cm³/mol. The normalized spacial score (nSPS) is 30.0. The van der Waals surface area contributed by atoms with Crippen molar-refractivity contribution < 1.29 is 13.3 Å². The lowest BCUT2D eigenvalue weighted by molar-refractivity contribution is -0.0127. The number of hydrogen-bond acceptors (Lipinski definition) is 6. The minimum absolute atomic E-state index is 0.521. The van der Waals surface area contributed by atoms with Crippen LogP contribution in [0.15, 0.2) is 24.3 Å². The van der Waals surface area contributed by atoms with Gasteiger partial charge in [-0.2, -0.15) is 0 Å². The molecule has 21 heavy (non-hydrogen) atoms. The molecule has 0 spiro atoms. The molecule has 2 aromatic rings. The summed E-state index contributed by atoms with van der Waals surface area (Å²) in [5, 5.41) is 8.42. The number of rotatable bonds is 2. The van der Waals surface area contributed by atoms with Crippen LogP contribution in [0.5, 0.6) is 0 Å². The van der Waals surface area contributed by atoms with Crippen molar-refractivity contribution >= 4 is 19.8 Å². The van der Waals surface area contributed by atoms with Gasteiger partial charge in [-0.3, -0.25) is 4.90 Å². The molecule has 0 N–H and O–H groups in total. The summed E-state index contributed by atoms with van der Waals surface area (Å²) in [5.41, 5.74) is 1.87. The molecule has 112 valence electrons. The smallest absolute Gasteiger partial charge is 0.371 e. The highest BCUT2D eigenvalue weighted by atomic mass is 28.4. The first kappa shape index (κ1) is 13.3. The van der Waals surface area contributed by atoms with Gasteiger partial charge in [0.2, 0.25) is 0 Å². The second kappa shape index (κ2) is 5.47. The topological polar surface area (TPSA) is 61.6 Å². The van der Waals surface area contributed by atoms with Crippen LogP contribution in [0.25, 0.3) is 11.0 Å². The first-order valence-corrected chi connectivity index (χ1v) is 9.20. The molecule has 5 rings (SSSR count). The summed E-state index contributed by atoms with van der Waals surface area (Å²) in [6.07, 6.45) is 0.521. The summed E-state index contributed by atoms with van der Waals surface area (Å²) in [6, 6.07) is 7.90. The third-order valence-electron chi connectivity index (χ3n) is 3.95. The van der Waals surface area contributed by atoms with Crippen LogP contribution in [0.4, 0.5) is 0 Å². The summed E-state index contributed by atoms with van der Waals surface area (Å²) in [5.74, 6) is 0. The molecule has 4 heterocycles. The molecule has 8 heteroatoms. The Bertz CT molecular complexity index is 608. The van der Waals surface area contributed by atoms with Gasteiger partial charge in [-0.05, 0) is 12.1 Å². The van der Waals surface area contributed by atoms with Gasteiger partial charge in [0.25, 0.3) is 0 Å². The van der Waals surface area contributed by atoms with Gasteiger partial charge < -0.3 is 13.3 Å². The molecule has 0 atom stereocenters. The highest BCUT2D eigenvalue weighted by molar-refractivity contribution is 6.59. The first-order chi connectivity index (χ1) is 10.3. The summed E-state index contributed by atoms with van der Waals surface area (Å²) in [7, 11) is -2.72. The summed E-state index contributed by atoms with van der Waals surface area (Å²) in [4.78, 5) is 2.31. The molecule has 2 bridgehead atoms. The van der Waals surface area contributed by atoms with Crippen molar-refractivity contribution in [3.05, 3.63) is 24.3 Å². The van der Waals surface area contributed by atoms with E-state index in [9.17, 15) is 0 Å². The van der Waals surface area contributed by atoms with E-state index in [2.05, 4.69) is 15.2 Å². The lowest BCUT2D eigenvalue weighted by atomic mass is 10.3. The summed E-state index contributed by atoms with van der Waals surface area (Å²) < 4.78 is 19.9. The molecule has 0 radical (unpaired) electrons. The number of aromatic nitrogens is 3. The molecular weight excluding hydrogens is 288 g/mol. The second-order valence-electron chi connectivity index (χ2n) is 5.31. The van der Waals surface area contributed by atoms with Crippen LogP contribution in [-0.2, 0) is 19.4 Å². The first-order valence-electron chi connectivity index (χ1n) is 7.27. The Kier molecular flexibility index (Phi) is 3.47. The minimum atomic E-state index is -2.72. The van der Waals surface area contributed by atoms with Crippen LogP contribution in [0.1, 0.15) is 0 Å². The zero-order valence-corrected chi connectivity index (χ0v) is 12.8. The molecular formula is C13H18N4O3Si. The van der Waals surface area contributed by atoms with Gasteiger partial charge in [-0.15, -0.1) is 5.10 Å². The van der Waals surface area contributed by atoms with Gasteiger partial charge in [0, 0.05) is 19.6 Å². The fourth-order valence-electron chi connectivity index (χ4n) is 2.81. The third-order valence-corrected chi connectivity index (χ3v) is 6.57. The Hall–Kier alpha value is -1.32. The molecule has 0 aliphatic carbocycles. The average Bonchev–Trinajstić information content (AvgIpc) is 2.83. The molecule has 3 fully saturated rings. The van der Waals surface area contributed by atoms with E-state index in [0.717, 1.165) is 30.7 Å². The Morgan fingerprint density at radius 2 is 1.67 bits per heavy atom. The molecule has 1 aromatic carbocycles. The van der Waals surface area contributed by atoms with Gasteiger partial charge in [-0.1, -0.05) is 17.3 Å². The lowest BCUT2D eigenvalue weighted by Crippen LogP contribution is -2.57. The molecule has 0 saturated carbocycles. The molecule has 3 aliphatic heterocycles. The van der Waals surface area contributed by atoms with Crippen molar-refractivity contribution in [2.45, 2.75) is 6.17 Å². The van der Waals surface area contributed by atoms with E-state index in [-0.39, 0.29) is 0 Å². The van der Waals surface area contributed by atoms with Gasteiger partial charge in [0.1, 0.15) is 11.7 Å². The SMILES string of the molecule is c1ccc2c(c1)nnn2C[Si]12OCCN(CCO1)CCO2. The van der Waals surface area contributed by atoms with E-state index in [1.807, 2.05) is 28.9 Å². The van der Waals surface area contributed by atoms with Crippen LogP contribution in [0.2, 0.25) is 0 Å². The summed E-state index contributed by atoms with van der Waals surface area (Å²) in [6.45, 7) is 4.79. The monoisotopic (exact) mass is 306 g/mol. The van der Waals surface area contributed by atoms with Crippen molar-refractivity contribution in [2.75, 3.05) is 39.5 Å². The number of para-hydroxylation sites is 1. The van der Waals surface area contributed by atoms with Crippen molar-refractivity contribution in [1.82, 2.24) is 19.9 Å². The molecule has 1 aromatic heterocycles. The van der Waals surface area contributed by atoms with Gasteiger partial charge in [0.05, 0.1) is 25.3 Å². The van der Waals surface area contributed by atoms with Gasteiger partial charge in [0.15, 0.2) is 0 Å². The number of nitrogens with zero attached hydrogens (tertiary/aromatic N) is 4. The quantitative estimate of drug-likeness (QED) is 0.743. The maximum absolute atomic E-state index is 6.03. The van der Waals surface area contributed by atoms with E-state index >= 15 is 0 Å². The molecule has 7 nitrogen and oxygen atoms in total. The standard InChI is InChI=1S/C13H18N4O3Si/c1-2-4-13-12(3-1)14-15-17(13)11-21-18-8-5-16(6-9-19-21)7-10-20-21/h1-4H,5-11H2. The predicted octanol–water partition coefficient (Wildman–Crippen LogP) is 0.288. The van der Waals surface area contributed by atoms with E-state index in [1.54, 1.807) is 0 Å². The zero-order chi connectivity index (χ0) is 14.1. The van der Waals surface area contributed by atoms with E-state index in [4.69, 9.17) is 13.3 Å². The Balaban J connectivity index is 1.64. The van der Waals surface area contributed by atoms with E-state index in [1.165, 1.54) is 0 Å². The number of benzene rings is 1. The Labute approximate surface area is 123 Å².